The number of hydrogen-bond acceptors (Lipinski definition) is 4. The minimum atomic E-state index is -1.11. The van der Waals surface area contributed by atoms with Crippen LogP contribution in [0.1, 0.15) is 26.3 Å². The van der Waals surface area contributed by atoms with Crippen LogP contribution in [0.4, 0.5) is 4.79 Å². The van der Waals surface area contributed by atoms with Gasteiger partial charge in [-0.3, -0.25) is 4.98 Å². The smallest absolute Gasteiger partial charge is 0.408 e. The van der Waals surface area contributed by atoms with E-state index in [0.29, 0.717) is 0 Å². The molecule has 0 saturated heterocycles. The van der Waals surface area contributed by atoms with Crippen molar-refractivity contribution in [2.75, 3.05) is 0 Å². The van der Waals surface area contributed by atoms with Crippen molar-refractivity contribution in [2.24, 2.45) is 0 Å². The lowest BCUT2D eigenvalue weighted by Crippen LogP contribution is -2.44. The van der Waals surface area contributed by atoms with E-state index in [1.54, 1.807) is 45.3 Å². The third-order valence-electron chi connectivity index (χ3n) is 2.18. The van der Waals surface area contributed by atoms with Crippen LogP contribution in [0.2, 0.25) is 0 Å². The van der Waals surface area contributed by atoms with Gasteiger partial charge in [0.05, 0.1) is 0 Å². The maximum atomic E-state index is 11.6. The normalized spacial score (nSPS) is 12.6. The number of alkyl carbamates (subject to hydrolysis) is 1. The molecule has 1 atom stereocenters. The Hall–Kier alpha value is -2.11. The quantitative estimate of drug-likeness (QED) is 0.864. The molecule has 0 aliphatic heterocycles. The third-order valence-corrected chi connectivity index (χ3v) is 2.18. The van der Waals surface area contributed by atoms with Gasteiger partial charge in [-0.15, -0.1) is 0 Å². The SMILES string of the molecule is CC(C)(C)OC(=O)NC(Cc1ccncc1)C(=O)O. The van der Waals surface area contributed by atoms with Crippen LogP contribution in [0.5, 0.6) is 0 Å². The number of carboxylic acids is 1. The lowest BCUT2D eigenvalue weighted by Gasteiger charge is -2.22. The zero-order valence-electron chi connectivity index (χ0n) is 11.2. The summed E-state index contributed by atoms with van der Waals surface area (Å²) < 4.78 is 5.03. The number of amides is 1. The van der Waals surface area contributed by atoms with Gasteiger partial charge in [0.15, 0.2) is 0 Å². The summed E-state index contributed by atoms with van der Waals surface area (Å²) in [5, 5.41) is 11.4. The molecule has 19 heavy (non-hydrogen) atoms. The van der Waals surface area contributed by atoms with Gasteiger partial charge in [-0.1, -0.05) is 0 Å². The largest absolute Gasteiger partial charge is 0.480 e. The Labute approximate surface area is 111 Å². The maximum Gasteiger partial charge on any atom is 0.408 e. The van der Waals surface area contributed by atoms with Gasteiger partial charge in [0.1, 0.15) is 11.6 Å². The first-order valence-corrected chi connectivity index (χ1v) is 5.89. The Morgan fingerprint density at radius 3 is 2.42 bits per heavy atom. The molecule has 2 N–H and O–H groups in total. The van der Waals surface area contributed by atoms with Crippen LogP contribution in [0, 0.1) is 0 Å². The minimum Gasteiger partial charge on any atom is -0.480 e. The average Bonchev–Trinajstić information content (AvgIpc) is 2.26. The van der Waals surface area contributed by atoms with Crippen LogP contribution in [0.3, 0.4) is 0 Å². The molecule has 0 aliphatic carbocycles. The fourth-order valence-electron chi connectivity index (χ4n) is 1.40. The van der Waals surface area contributed by atoms with Crippen molar-refractivity contribution in [3.05, 3.63) is 30.1 Å². The number of carbonyl (C=O) groups is 2. The highest BCUT2D eigenvalue weighted by atomic mass is 16.6. The van der Waals surface area contributed by atoms with Gasteiger partial charge in [-0.2, -0.15) is 0 Å². The second-order valence-corrected chi connectivity index (χ2v) is 5.10. The monoisotopic (exact) mass is 266 g/mol. The number of carbonyl (C=O) groups excluding carboxylic acids is 1. The Bertz CT molecular complexity index is 440. The number of rotatable bonds is 4. The van der Waals surface area contributed by atoms with E-state index in [1.807, 2.05) is 0 Å². The molecule has 1 amide bonds. The topological polar surface area (TPSA) is 88.5 Å². The first-order chi connectivity index (χ1) is 8.78. The van der Waals surface area contributed by atoms with Crippen molar-refractivity contribution < 1.29 is 19.4 Å². The Balaban J connectivity index is 2.64. The molecule has 104 valence electrons. The van der Waals surface area contributed by atoms with E-state index in [1.165, 1.54) is 0 Å². The number of aromatic nitrogens is 1. The van der Waals surface area contributed by atoms with Crippen molar-refractivity contribution in [3.63, 3.8) is 0 Å². The standard InChI is InChI=1S/C13H18N2O4/c1-13(2,3)19-12(18)15-10(11(16)17)8-9-4-6-14-7-5-9/h4-7,10H,8H2,1-3H3,(H,15,18)(H,16,17). The number of nitrogens with zero attached hydrogens (tertiary/aromatic N) is 1. The van der Waals surface area contributed by atoms with Crippen LogP contribution >= 0.6 is 0 Å². The summed E-state index contributed by atoms with van der Waals surface area (Å²) >= 11 is 0. The van der Waals surface area contributed by atoms with E-state index >= 15 is 0 Å². The summed E-state index contributed by atoms with van der Waals surface area (Å²) in [4.78, 5) is 26.5. The summed E-state index contributed by atoms with van der Waals surface area (Å²) in [6.07, 6.45) is 2.58. The number of nitrogens with one attached hydrogen (secondary N) is 1. The molecular formula is C13H18N2O4. The van der Waals surface area contributed by atoms with Crippen molar-refractivity contribution in [3.8, 4) is 0 Å². The highest BCUT2D eigenvalue weighted by Gasteiger charge is 2.24. The zero-order valence-corrected chi connectivity index (χ0v) is 11.2. The molecule has 0 saturated carbocycles. The van der Waals surface area contributed by atoms with Gasteiger partial charge in [0.2, 0.25) is 0 Å². The maximum absolute atomic E-state index is 11.6. The van der Waals surface area contributed by atoms with Gasteiger partial charge in [0.25, 0.3) is 0 Å². The number of hydrogen-bond donors (Lipinski definition) is 2. The molecule has 1 aromatic rings. The molecule has 0 aromatic carbocycles. The van der Waals surface area contributed by atoms with Gasteiger partial charge < -0.3 is 15.2 Å². The van der Waals surface area contributed by atoms with Crippen LogP contribution in [-0.2, 0) is 16.0 Å². The number of carboxylic acid groups (broad SMARTS) is 1. The summed E-state index contributed by atoms with van der Waals surface area (Å²) in [5.41, 5.74) is 0.113. The molecule has 0 radical (unpaired) electrons. The second kappa shape index (κ2) is 6.17. The molecule has 0 aliphatic rings. The summed E-state index contributed by atoms with van der Waals surface area (Å²) in [7, 11) is 0. The summed E-state index contributed by atoms with van der Waals surface area (Å²) in [5.74, 6) is -1.11. The van der Waals surface area contributed by atoms with E-state index in [2.05, 4.69) is 10.3 Å². The fraction of sp³-hybridized carbons (Fsp3) is 0.462. The van der Waals surface area contributed by atoms with Crippen LogP contribution in [0.15, 0.2) is 24.5 Å². The first-order valence-electron chi connectivity index (χ1n) is 5.89. The Kier molecular flexibility index (Phi) is 4.86. The van der Waals surface area contributed by atoms with E-state index < -0.39 is 23.7 Å². The van der Waals surface area contributed by atoms with Crippen molar-refractivity contribution >= 4 is 12.1 Å². The molecule has 6 nitrogen and oxygen atoms in total. The van der Waals surface area contributed by atoms with Gasteiger partial charge >= 0.3 is 12.1 Å². The molecule has 0 fully saturated rings. The fourth-order valence-corrected chi connectivity index (χ4v) is 1.40. The summed E-state index contributed by atoms with van der Waals surface area (Å²) in [6, 6.07) is 2.37. The lowest BCUT2D eigenvalue weighted by atomic mass is 10.1. The van der Waals surface area contributed by atoms with Gasteiger partial charge in [0, 0.05) is 18.8 Å². The molecular weight excluding hydrogens is 248 g/mol. The Morgan fingerprint density at radius 2 is 1.95 bits per heavy atom. The van der Waals surface area contributed by atoms with Crippen molar-refractivity contribution in [1.82, 2.24) is 10.3 Å². The van der Waals surface area contributed by atoms with E-state index in [0.717, 1.165) is 5.56 Å². The first kappa shape index (κ1) is 14.9. The molecule has 0 bridgehead atoms. The predicted molar refractivity (Wildman–Crippen MR) is 68.7 cm³/mol. The van der Waals surface area contributed by atoms with Crippen LogP contribution in [0.25, 0.3) is 0 Å². The molecule has 1 unspecified atom stereocenters. The highest BCUT2D eigenvalue weighted by molar-refractivity contribution is 5.80. The zero-order chi connectivity index (χ0) is 14.5. The van der Waals surface area contributed by atoms with Crippen LogP contribution < -0.4 is 5.32 Å². The van der Waals surface area contributed by atoms with Crippen LogP contribution in [-0.4, -0.2) is 33.8 Å². The third kappa shape index (κ3) is 5.85. The summed E-state index contributed by atoms with van der Waals surface area (Å²) in [6.45, 7) is 5.14. The minimum absolute atomic E-state index is 0.178. The van der Waals surface area contributed by atoms with Crippen molar-refractivity contribution in [2.45, 2.75) is 38.8 Å². The highest BCUT2D eigenvalue weighted by Crippen LogP contribution is 2.08. The Morgan fingerprint density at radius 1 is 1.37 bits per heavy atom. The molecule has 1 aromatic heterocycles. The average molecular weight is 266 g/mol. The second-order valence-electron chi connectivity index (χ2n) is 5.10. The molecule has 0 spiro atoms. The van der Waals surface area contributed by atoms with E-state index in [4.69, 9.17) is 9.84 Å². The number of aliphatic carboxylic acids is 1. The van der Waals surface area contributed by atoms with Gasteiger partial charge in [-0.05, 0) is 38.5 Å². The number of pyridine rings is 1. The predicted octanol–water partition coefficient (Wildman–Crippen LogP) is 1.60. The lowest BCUT2D eigenvalue weighted by molar-refractivity contribution is -0.139. The molecule has 1 heterocycles. The van der Waals surface area contributed by atoms with Gasteiger partial charge in [-0.25, -0.2) is 9.59 Å². The number of ether oxygens (including phenoxy) is 1. The van der Waals surface area contributed by atoms with E-state index in [-0.39, 0.29) is 6.42 Å². The van der Waals surface area contributed by atoms with E-state index in [9.17, 15) is 9.59 Å². The molecule has 1 rings (SSSR count). The van der Waals surface area contributed by atoms with Crippen molar-refractivity contribution in [1.29, 1.82) is 0 Å². The molecule has 6 heteroatoms.